The third kappa shape index (κ3) is 2.60. The molecular weight excluding hydrogens is 311 g/mol. The molecule has 1 aromatic rings. The van der Waals surface area contributed by atoms with Gasteiger partial charge in [0.1, 0.15) is 0 Å². The van der Waals surface area contributed by atoms with Crippen molar-refractivity contribution >= 4 is 36.6 Å². The Morgan fingerprint density at radius 1 is 1.00 bits per heavy atom. The number of rotatable bonds is 3. The zero-order valence-corrected chi connectivity index (χ0v) is 12.8. The lowest BCUT2D eigenvalue weighted by Crippen LogP contribution is -2.18. The fourth-order valence-corrected chi connectivity index (χ4v) is 2.48. The largest absolute Gasteiger partial charge is 0.386 e. The monoisotopic (exact) mass is 322 g/mol. The Balaban J connectivity index is 1.88. The molecule has 3 rings (SSSR count). The van der Waals surface area contributed by atoms with Crippen molar-refractivity contribution in [1.82, 2.24) is 0 Å². The van der Waals surface area contributed by atoms with Crippen LogP contribution in [0.1, 0.15) is 27.6 Å². The maximum Gasteiger partial charge on any atom is 0.346 e. The Hall–Kier alpha value is -3.22. The van der Waals surface area contributed by atoms with Gasteiger partial charge in [-0.15, -0.1) is 0 Å². The first-order valence-electron chi connectivity index (χ1n) is 7.13. The molecule has 0 saturated carbocycles. The van der Waals surface area contributed by atoms with Gasteiger partial charge in [-0.2, -0.15) is 0 Å². The van der Waals surface area contributed by atoms with Crippen LogP contribution in [0, 0.1) is 0 Å². The van der Waals surface area contributed by atoms with Crippen LogP contribution in [0.5, 0.6) is 0 Å². The molecule has 24 heavy (non-hydrogen) atoms. The summed E-state index contributed by atoms with van der Waals surface area (Å²) in [6.45, 7) is 5.32. The van der Waals surface area contributed by atoms with Crippen LogP contribution in [0.3, 0.4) is 0 Å². The van der Waals surface area contributed by atoms with Gasteiger partial charge < -0.3 is 9.47 Å². The van der Waals surface area contributed by atoms with Crippen LogP contribution in [0.4, 0.5) is 0 Å². The van der Waals surface area contributed by atoms with Crippen molar-refractivity contribution in [3.63, 3.8) is 0 Å². The van der Waals surface area contributed by atoms with Gasteiger partial charge >= 0.3 is 23.9 Å². The first-order chi connectivity index (χ1) is 11.4. The quantitative estimate of drug-likeness (QED) is 0.349. The van der Waals surface area contributed by atoms with E-state index >= 15 is 0 Å². The highest BCUT2D eigenvalue weighted by molar-refractivity contribution is 6.62. The van der Waals surface area contributed by atoms with E-state index in [1.54, 1.807) is 25.1 Å². The average molecular weight is 322 g/mol. The number of fused-ring (bicyclic) bond motifs is 1. The lowest BCUT2D eigenvalue weighted by Gasteiger charge is -2.03. The van der Waals surface area contributed by atoms with E-state index in [-0.39, 0.29) is 22.3 Å². The molecule has 0 unspecified atom stereocenters. The number of carbonyl (C=O) groups excluding carboxylic acids is 4. The van der Waals surface area contributed by atoms with E-state index in [1.807, 2.05) is 0 Å². The molecule has 0 atom stereocenters. The van der Waals surface area contributed by atoms with E-state index in [1.165, 1.54) is 12.1 Å². The van der Waals surface area contributed by atoms with Gasteiger partial charge in [-0.25, -0.2) is 19.2 Å². The molecule has 7 heteroatoms. The predicted octanol–water partition coefficient (Wildman–Crippen LogP) is 0.529. The van der Waals surface area contributed by atoms with Gasteiger partial charge in [0.05, 0.1) is 22.3 Å². The number of ether oxygens (including phenoxy) is 2. The molecule has 0 spiro atoms. The summed E-state index contributed by atoms with van der Waals surface area (Å²) in [5.74, 6) is -2.80. The lowest BCUT2D eigenvalue weighted by molar-refractivity contribution is -0.149. The molecule has 1 saturated heterocycles. The fraction of sp³-hybridized carbons (Fsp3) is 0.0588. The Labute approximate surface area is 137 Å². The third-order valence-corrected chi connectivity index (χ3v) is 3.79. The van der Waals surface area contributed by atoms with Crippen molar-refractivity contribution in [2.75, 3.05) is 0 Å². The smallest absolute Gasteiger partial charge is 0.346 e. The predicted molar refractivity (Wildman–Crippen MR) is 85.1 cm³/mol. The van der Waals surface area contributed by atoms with Gasteiger partial charge in [-0.05, 0) is 13.0 Å². The van der Waals surface area contributed by atoms with E-state index in [0.717, 1.165) is 10.9 Å². The summed E-state index contributed by atoms with van der Waals surface area (Å²) in [4.78, 5) is 46.0. The molecule has 2 aliphatic heterocycles. The number of esters is 4. The highest BCUT2D eigenvalue weighted by Crippen LogP contribution is 2.22. The molecular formula is C17H11BO6. The maximum atomic E-state index is 11.6. The average Bonchev–Trinajstić information content (AvgIpc) is 2.96. The van der Waals surface area contributed by atoms with Crippen LogP contribution in [0.25, 0.3) is 0 Å². The van der Waals surface area contributed by atoms with E-state index in [0.29, 0.717) is 7.28 Å². The minimum Gasteiger partial charge on any atom is -0.386 e. The van der Waals surface area contributed by atoms with Gasteiger partial charge in [0.25, 0.3) is 0 Å². The highest BCUT2D eigenvalue weighted by Gasteiger charge is 2.32. The zero-order chi connectivity index (χ0) is 17.4. The molecule has 0 N–H and O–H groups in total. The summed E-state index contributed by atoms with van der Waals surface area (Å²) >= 11 is 0. The van der Waals surface area contributed by atoms with Crippen molar-refractivity contribution in [3.05, 3.63) is 64.7 Å². The van der Waals surface area contributed by atoms with Gasteiger partial charge in [0.15, 0.2) is 7.28 Å². The van der Waals surface area contributed by atoms with E-state index in [9.17, 15) is 19.2 Å². The summed E-state index contributed by atoms with van der Waals surface area (Å²) in [5, 5.41) is 0. The summed E-state index contributed by atoms with van der Waals surface area (Å²) in [6, 6.07) is 4.82. The van der Waals surface area contributed by atoms with Crippen molar-refractivity contribution in [2.24, 2.45) is 0 Å². The van der Waals surface area contributed by atoms with Crippen LogP contribution in [0.2, 0.25) is 0 Å². The highest BCUT2D eigenvalue weighted by atomic mass is 16.6. The maximum absolute atomic E-state index is 11.6. The Morgan fingerprint density at radius 3 is 2.29 bits per heavy atom. The molecule has 6 nitrogen and oxygen atoms in total. The normalized spacial score (nSPS) is 18.8. The summed E-state index contributed by atoms with van der Waals surface area (Å²) in [6.07, 6.45) is 3.30. The molecule has 1 fully saturated rings. The number of allylic oxidation sites excluding steroid dienone is 3. The second-order valence-electron chi connectivity index (χ2n) is 5.31. The molecule has 118 valence electrons. The third-order valence-electron chi connectivity index (χ3n) is 3.79. The molecule has 0 aliphatic carbocycles. The second kappa shape index (κ2) is 5.77. The summed E-state index contributed by atoms with van der Waals surface area (Å²) < 4.78 is 9.05. The minimum atomic E-state index is -0.750. The van der Waals surface area contributed by atoms with Crippen LogP contribution in [-0.4, -0.2) is 31.2 Å². The lowest BCUT2D eigenvalue weighted by atomic mass is 9.62. The fourth-order valence-electron chi connectivity index (χ4n) is 2.48. The standard InChI is InChI=1S/C17H11BO6/c1-3-9(6-12-8(2)14(19)23-16(12)21)18-10-4-5-11-13(7-10)17(22)24-15(11)20/h3-7,18H,2H2,1H3/b9-3+,12-6+. The zero-order valence-electron chi connectivity index (χ0n) is 12.8. The van der Waals surface area contributed by atoms with Crippen LogP contribution in [-0.2, 0) is 19.1 Å². The van der Waals surface area contributed by atoms with Gasteiger partial charge in [-0.3, -0.25) is 0 Å². The van der Waals surface area contributed by atoms with Crippen LogP contribution < -0.4 is 5.46 Å². The van der Waals surface area contributed by atoms with Gasteiger partial charge in [0, 0.05) is 0 Å². The van der Waals surface area contributed by atoms with E-state index < -0.39 is 23.9 Å². The molecule has 0 amide bonds. The molecule has 0 radical (unpaired) electrons. The molecule has 0 bridgehead atoms. The summed E-state index contributed by atoms with van der Waals surface area (Å²) in [7, 11) is 0.392. The number of hydrogen-bond donors (Lipinski definition) is 0. The first-order valence-corrected chi connectivity index (χ1v) is 7.13. The molecule has 1 aromatic carbocycles. The topological polar surface area (TPSA) is 86.7 Å². The van der Waals surface area contributed by atoms with Gasteiger partial charge in [0.2, 0.25) is 0 Å². The Kier molecular flexibility index (Phi) is 3.77. The van der Waals surface area contributed by atoms with Crippen molar-refractivity contribution in [1.29, 1.82) is 0 Å². The second-order valence-corrected chi connectivity index (χ2v) is 5.31. The van der Waals surface area contributed by atoms with E-state index in [4.69, 9.17) is 0 Å². The molecule has 2 aliphatic rings. The van der Waals surface area contributed by atoms with Crippen LogP contribution in [0.15, 0.2) is 53.5 Å². The van der Waals surface area contributed by atoms with Crippen LogP contribution >= 0.6 is 0 Å². The van der Waals surface area contributed by atoms with Gasteiger partial charge in [-0.1, -0.05) is 41.8 Å². The first kappa shape index (κ1) is 15.7. The molecule has 2 heterocycles. The summed E-state index contributed by atoms with van der Waals surface area (Å²) in [5.41, 5.74) is 2.08. The number of carbonyl (C=O) groups is 4. The number of benzene rings is 1. The Bertz CT molecular complexity index is 890. The number of cyclic esters (lactones) is 4. The van der Waals surface area contributed by atoms with Crippen molar-refractivity contribution in [3.8, 4) is 0 Å². The number of hydrogen-bond acceptors (Lipinski definition) is 6. The minimum absolute atomic E-state index is 0.0162. The van der Waals surface area contributed by atoms with E-state index in [2.05, 4.69) is 16.1 Å². The molecule has 0 aromatic heterocycles. The van der Waals surface area contributed by atoms with Crippen molar-refractivity contribution in [2.45, 2.75) is 6.92 Å². The Morgan fingerprint density at radius 2 is 1.67 bits per heavy atom. The van der Waals surface area contributed by atoms with Crippen molar-refractivity contribution < 1.29 is 28.7 Å². The SMILES string of the molecule is C=C1C(=O)OC(=O)/C1=C/C(Bc1ccc2c(c1)C(=O)OC2=O)=C\C.